The van der Waals surface area contributed by atoms with Crippen LogP contribution in [0.15, 0.2) is 28.8 Å². The molecule has 34 heavy (non-hydrogen) atoms. The summed E-state index contributed by atoms with van der Waals surface area (Å²) in [5.41, 5.74) is 5.11. The third-order valence-corrected chi connectivity index (χ3v) is 5.67. The summed E-state index contributed by atoms with van der Waals surface area (Å²) < 4.78 is 5.38. The van der Waals surface area contributed by atoms with Gasteiger partial charge < -0.3 is 26.2 Å². The number of benzene rings is 1. The number of carbonyl (C=O) groups excluding carboxylic acids is 4. The van der Waals surface area contributed by atoms with Gasteiger partial charge >= 0.3 is 0 Å². The predicted molar refractivity (Wildman–Crippen MR) is 122 cm³/mol. The molecule has 182 valence electrons. The van der Waals surface area contributed by atoms with Gasteiger partial charge in [-0.2, -0.15) is 4.98 Å². The lowest BCUT2D eigenvalue weighted by Crippen LogP contribution is -2.45. The molecule has 1 saturated carbocycles. The zero-order chi connectivity index (χ0) is 24.6. The van der Waals surface area contributed by atoms with Crippen LogP contribution >= 0.6 is 0 Å². The lowest BCUT2D eigenvalue weighted by atomic mass is 9.89. The number of hydrogen-bond donors (Lipinski definition) is 4. The van der Waals surface area contributed by atoms with Gasteiger partial charge in [0.1, 0.15) is 5.54 Å². The summed E-state index contributed by atoms with van der Waals surface area (Å²) in [6.07, 6.45) is 5.93. The van der Waals surface area contributed by atoms with Crippen LogP contribution in [0.5, 0.6) is 0 Å². The van der Waals surface area contributed by atoms with Crippen LogP contribution in [0.3, 0.4) is 0 Å². The Morgan fingerprint density at radius 2 is 1.85 bits per heavy atom. The molecule has 0 bridgehead atoms. The van der Waals surface area contributed by atoms with Crippen molar-refractivity contribution in [1.82, 2.24) is 20.8 Å². The van der Waals surface area contributed by atoms with E-state index in [9.17, 15) is 19.2 Å². The molecule has 11 heteroatoms. The second-order valence-electron chi connectivity index (χ2n) is 8.47. The molecular weight excluding hydrogens is 440 g/mol. The van der Waals surface area contributed by atoms with Gasteiger partial charge in [0.2, 0.25) is 23.6 Å². The molecule has 3 rings (SSSR count). The van der Waals surface area contributed by atoms with Gasteiger partial charge in [0.05, 0.1) is 6.54 Å². The number of anilines is 1. The number of amides is 4. The van der Waals surface area contributed by atoms with Crippen molar-refractivity contribution >= 4 is 29.3 Å². The zero-order valence-corrected chi connectivity index (χ0v) is 19.2. The maximum atomic E-state index is 12.4. The molecule has 4 amide bonds. The highest BCUT2D eigenvalue weighted by molar-refractivity contribution is 5.98. The smallest absolute Gasteiger partial charge is 0.251 e. The first-order valence-corrected chi connectivity index (χ1v) is 11.4. The van der Waals surface area contributed by atoms with E-state index >= 15 is 0 Å². The predicted octanol–water partition coefficient (Wildman–Crippen LogP) is 1.54. The number of aromatic nitrogens is 2. The fourth-order valence-electron chi connectivity index (χ4n) is 4.08. The molecule has 0 unspecified atom stereocenters. The molecule has 0 atom stereocenters. The molecule has 1 aliphatic carbocycles. The highest BCUT2D eigenvalue weighted by atomic mass is 16.5. The Balaban J connectivity index is 1.59. The summed E-state index contributed by atoms with van der Waals surface area (Å²) >= 11 is 0. The van der Waals surface area contributed by atoms with Gasteiger partial charge in [-0.25, -0.2) is 0 Å². The standard InChI is InChI=1S/C23H30N6O5/c1-15(30)28-23(11-4-2-3-5-12-23)22-27-20(34-29-22)10-9-19(32)26-17-8-6-7-16(13-17)21(33)25-14-18(24)31/h6-8,13H,2-5,9-12,14H2,1H3,(H2,24,31)(H,25,33)(H,26,32)(H,28,30). The number of nitrogens with two attached hydrogens (primary N) is 1. The van der Waals surface area contributed by atoms with Gasteiger partial charge in [-0.1, -0.05) is 36.9 Å². The molecule has 2 aromatic rings. The molecule has 0 radical (unpaired) electrons. The molecule has 1 fully saturated rings. The Bertz CT molecular complexity index is 1040. The van der Waals surface area contributed by atoms with Crippen molar-refractivity contribution in [2.75, 3.05) is 11.9 Å². The van der Waals surface area contributed by atoms with E-state index in [1.165, 1.54) is 13.0 Å². The Morgan fingerprint density at radius 3 is 2.53 bits per heavy atom. The van der Waals surface area contributed by atoms with E-state index in [0.717, 1.165) is 38.5 Å². The summed E-state index contributed by atoms with van der Waals surface area (Å²) in [6, 6.07) is 6.33. The third kappa shape index (κ3) is 6.87. The van der Waals surface area contributed by atoms with Gasteiger partial charge in [0.25, 0.3) is 5.91 Å². The second-order valence-corrected chi connectivity index (χ2v) is 8.47. The van der Waals surface area contributed by atoms with Crippen molar-refractivity contribution in [2.45, 2.75) is 63.8 Å². The largest absolute Gasteiger partial charge is 0.368 e. The summed E-state index contributed by atoms with van der Waals surface area (Å²) in [5.74, 6) is -0.782. The van der Waals surface area contributed by atoms with Crippen LogP contribution in [-0.2, 0) is 26.3 Å². The van der Waals surface area contributed by atoms with E-state index in [1.807, 2.05) is 0 Å². The van der Waals surface area contributed by atoms with Crippen LogP contribution < -0.4 is 21.7 Å². The number of hydrogen-bond acceptors (Lipinski definition) is 7. The number of nitrogens with one attached hydrogen (secondary N) is 3. The zero-order valence-electron chi connectivity index (χ0n) is 19.2. The fourth-order valence-corrected chi connectivity index (χ4v) is 4.08. The lowest BCUT2D eigenvalue weighted by molar-refractivity contribution is -0.121. The number of nitrogens with zero attached hydrogens (tertiary/aromatic N) is 2. The van der Waals surface area contributed by atoms with E-state index in [-0.39, 0.29) is 36.8 Å². The number of carbonyl (C=O) groups is 4. The fraction of sp³-hybridized carbons (Fsp3) is 0.478. The van der Waals surface area contributed by atoms with Crippen molar-refractivity contribution in [3.63, 3.8) is 0 Å². The molecule has 0 spiro atoms. The molecule has 0 saturated heterocycles. The highest BCUT2D eigenvalue weighted by Gasteiger charge is 2.38. The van der Waals surface area contributed by atoms with E-state index in [2.05, 4.69) is 26.1 Å². The van der Waals surface area contributed by atoms with Crippen LogP contribution in [0.2, 0.25) is 0 Å². The van der Waals surface area contributed by atoms with Crippen LogP contribution in [0.4, 0.5) is 5.69 Å². The lowest BCUT2D eigenvalue weighted by Gasteiger charge is -2.30. The van der Waals surface area contributed by atoms with Crippen LogP contribution in [0.1, 0.15) is 73.9 Å². The number of aryl methyl sites for hydroxylation is 1. The summed E-state index contributed by atoms with van der Waals surface area (Å²) in [6.45, 7) is 1.21. The SMILES string of the molecule is CC(=O)NC1(c2noc(CCC(=O)Nc3cccc(C(=O)NCC(N)=O)c3)n2)CCCCCC1. The van der Waals surface area contributed by atoms with Crippen LogP contribution in [0.25, 0.3) is 0 Å². The van der Waals surface area contributed by atoms with Crippen molar-refractivity contribution in [3.8, 4) is 0 Å². The van der Waals surface area contributed by atoms with Gasteiger partial charge in [-0.05, 0) is 31.0 Å². The maximum absolute atomic E-state index is 12.4. The third-order valence-electron chi connectivity index (χ3n) is 5.67. The van der Waals surface area contributed by atoms with Crippen molar-refractivity contribution in [2.24, 2.45) is 5.73 Å². The minimum absolute atomic E-state index is 0.0901. The topological polar surface area (TPSA) is 169 Å². The Kier molecular flexibility index (Phi) is 8.34. The van der Waals surface area contributed by atoms with Crippen LogP contribution in [-0.4, -0.2) is 40.3 Å². The average Bonchev–Trinajstić information content (AvgIpc) is 3.16. The van der Waals surface area contributed by atoms with Gasteiger partial charge in [0.15, 0.2) is 5.82 Å². The van der Waals surface area contributed by atoms with Crippen molar-refractivity contribution in [3.05, 3.63) is 41.5 Å². The van der Waals surface area contributed by atoms with Crippen molar-refractivity contribution < 1.29 is 23.7 Å². The van der Waals surface area contributed by atoms with E-state index < -0.39 is 17.4 Å². The van der Waals surface area contributed by atoms with E-state index in [1.54, 1.807) is 18.2 Å². The highest BCUT2D eigenvalue weighted by Crippen LogP contribution is 2.34. The van der Waals surface area contributed by atoms with E-state index in [4.69, 9.17) is 10.3 Å². The van der Waals surface area contributed by atoms with Gasteiger partial charge in [-0.15, -0.1) is 0 Å². The summed E-state index contributed by atoms with van der Waals surface area (Å²) in [7, 11) is 0. The average molecular weight is 471 g/mol. The molecule has 0 aliphatic heterocycles. The maximum Gasteiger partial charge on any atom is 0.251 e. The first-order chi connectivity index (χ1) is 16.3. The molecule has 1 heterocycles. The van der Waals surface area contributed by atoms with Crippen molar-refractivity contribution in [1.29, 1.82) is 0 Å². The molecule has 11 nitrogen and oxygen atoms in total. The summed E-state index contributed by atoms with van der Waals surface area (Å²) in [5, 5.41) is 12.3. The first-order valence-electron chi connectivity index (χ1n) is 11.4. The number of primary amides is 1. The van der Waals surface area contributed by atoms with Crippen LogP contribution in [0, 0.1) is 0 Å². The summed E-state index contributed by atoms with van der Waals surface area (Å²) in [4.78, 5) is 51.6. The number of rotatable bonds is 9. The quantitative estimate of drug-likeness (QED) is 0.403. The Morgan fingerprint density at radius 1 is 1.12 bits per heavy atom. The van der Waals surface area contributed by atoms with Gasteiger partial charge in [-0.3, -0.25) is 19.2 Å². The Labute approximate surface area is 197 Å². The normalized spacial score (nSPS) is 15.1. The minimum atomic E-state index is -0.649. The molecule has 1 aromatic heterocycles. The molecular formula is C23H30N6O5. The first kappa shape index (κ1) is 24.9. The molecule has 1 aliphatic rings. The second kappa shape index (κ2) is 11.4. The Hall–Kier alpha value is -3.76. The van der Waals surface area contributed by atoms with E-state index in [0.29, 0.717) is 17.4 Å². The minimum Gasteiger partial charge on any atom is -0.368 e. The van der Waals surface area contributed by atoms with Gasteiger partial charge in [0, 0.05) is 31.0 Å². The monoisotopic (exact) mass is 470 g/mol. The molecule has 5 N–H and O–H groups in total. The molecule has 1 aromatic carbocycles.